The predicted molar refractivity (Wildman–Crippen MR) is 164 cm³/mol. The highest BCUT2D eigenvalue weighted by atomic mass is 79.9. The van der Waals surface area contributed by atoms with Crippen molar-refractivity contribution in [2.24, 2.45) is 0 Å². The van der Waals surface area contributed by atoms with Crippen LogP contribution in [-0.4, -0.2) is 21.9 Å². The van der Waals surface area contributed by atoms with Gasteiger partial charge in [-0.15, -0.1) is 0 Å². The van der Waals surface area contributed by atoms with Gasteiger partial charge in [0.2, 0.25) is 12.3 Å². The Bertz CT molecular complexity index is 1300. The minimum atomic E-state index is 0. The van der Waals surface area contributed by atoms with Gasteiger partial charge in [-0.2, -0.15) is 4.57 Å². The van der Waals surface area contributed by atoms with Crippen molar-refractivity contribution in [2.75, 3.05) is 5.33 Å². The molecule has 0 unspecified atom stereocenters. The quantitative estimate of drug-likeness (QED) is 0.140. The molecule has 212 valence electrons. The van der Waals surface area contributed by atoms with E-state index in [9.17, 15) is 9.59 Å². The first kappa shape index (κ1) is 35.6. The summed E-state index contributed by atoms with van der Waals surface area (Å²) in [6.45, 7) is 9.00. The molecule has 0 saturated carbocycles. The van der Waals surface area contributed by atoms with Crippen molar-refractivity contribution in [3.8, 4) is 0 Å². The fourth-order valence-electron chi connectivity index (χ4n) is 3.31. The second-order valence-corrected chi connectivity index (χ2v) is 10.8. The zero-order valence-corrected chi connectivity index (χ0v) is 27.7. The number of pyridine rings is 2. The molecule has 0 N–H and O–H groups in total. The molecule has 40 heavy (non-hydrogen) atoms. The Hall–Kier alpha value is -2.38. The number of alkyl halides is 1. The van der Waals surface area contributed by atoms with E-state index in [2.05, 4.69) is 60.7 Å². The summed E-state index contributed by atoms with van der Waals surface area (Å²) >= 11 is 14.5. The minimum absolute atomic E-state index is 0. The molecule has 0 saturated heterocycles. The first-order valence-corrected chi connectivity index (χ1v) is 14.5. The average Bonchev–Trinajstić information content (AvgIpc) is 2.95. The minimum Gasteiger partial charge on any atom is -1.00 e. The van der Waals surface area contributed by atoms with Gasteiger partial charge in [0.15, 0.2) is 18.2 Å². The molecule has 0 aliphatic carbocycles. The number of ketones is 2. The van der Waals surface area contributed by atoms with E-state index < -0.39 is 0 Å². The van der Waals surface area contributed by atoms with Crippen molar-refractivity contribution in [3.63, 3.8) is 0 Å². The largest absolute Gasteiger partial charge is 1.00 e. The molecule has 0 amide bonds. The molecule has 0 bridgehead atoms. The van der Waals surface area contributed by atoms with Gasteiger partial charge in [-0.1, -0.05) is 66.8 Å². The Kier molecular flexibility index (Phi) is 16.8. The highest BCUT2D eigenvalue weighted by molar-refractivity contribution is 9.09. The summed E-state index contributed by atoms with van der Waals surface area (Å²) < 4.78 is 1.89. The zero-order chi connectivity index (χ0) is 28.8. The summed E-state index contributed by atoms with van der Waals surface area (Å²) in [5, 5.41) is 1.65. The van der Waals surface area contributed by atoms with Crippen molar-refractivity contribution < 1.29 is 31.1 Å². The summed E-state index contributed by atoms with van der Waals surface area (Å²) in [7, 11) is 0. The van der Waals surface area contributed by atoms with Crippen molar-refractivity contribution in [1.82, 2.24) is 4.98 Å². The van der Waals surface area contributed by atoms with E-state index in [-0.39, 0.29) is 28.5 Å². The molecule has 2 aromatic heterocycles. The molecular formula is C32H34Br2Cl2N2O2. The summed E-state index contributed by atoms with van der Waals surface area (Å²) in [6, 6.07) is 22.0. The maximum absolute atomic E-state index is 12.1. The number of nitrogens with zero attached hydrogens (tertiary/aromatic N) is 2. The lowest BCUT2D eigenvalue weighted by Gasteiger charge is -2.03. The number of Topliss-reactive ketones (excluding diaryl/α,β-unsaturated/α-hetero) is 2. The molecule has 0 fully saturated rings. The number of carbonyl (C=O) groups is 2. The standard InChI is InChI=1S/C16H17ClNO.C8H6BrClO.C8H11N.BrH/c1-12(2)13-7-9-18(10-8-13)11-16(19)14-3-5-15(17)6-4-14;9-5-8(11)6-1-3-7(10)4-2-6;1-7(2)8-3-5-9-6-4-8;/h3-10,12H,11H2,1-2H3;1-4H,5H2;3-7H,1-2H3;1H/q+1;;;/p-1. The van der Waals surface area contributed by atoms with E-state index in [4.69, 9.17) is 23.2 Å². The van der Waals surface area contributed by atoms with Crippen LogP contribution in [0.1, 0.15) is 71.4 Å². The molecule has 4 aromatic rings. The second kappa shape index (κ2) is 18.9. The van der Waals surface area contributed by atoms with Crippen molar-refractivity contribution in [2.45, 2.75) is 46.1 Å². The Morgan fingerprint density at radius 2 is 1.10 bits per heavy atom. The van der Waals surface area contributed by atoms with Gasteiger partial charge < -0.3 is 17.0 Å². The Balaban J connectivity index is 0.000000324. The number of benzene rings is 2. The van der Waals surface area contributed by atoms with Crippen LogP contribution in [0.15, 0.2) is 97.6 Å². The third-order valence-corrected chi connectivity index (χ3v) is 6.75. The molecule has 4 nitrogen and oxygen atoms in total. The SMILES string of the molecule is CC(C)c1cc[n+](CC(=O)c2ccc(Cl)cc2)cc1.CC(C)c1ccncc1.O=C(CBr)c1ccc(Cl)cc1.[Br-]. The van der Waals surface area contributed by atoms with E-state index >= 15 is 0 Å². The maximum atomic E-state index is 12.1. The van der Waals surface area contributed by atoms with Crippen LogP contribution < -0.4 is 21.5 Å². The van der Waals surface area contributed by atoms with Crippen LogP contribution >= 0.6 is 39.1 Å². The van der Waals surface area contributed by atoms with Crippen LogP contribution in [-0.2, 0) is 6.54 Å². The fourth-order valence-corrected chi connectivity index (χ4v) is 3.89. The smallest absolute Gasteiger partial charge is 0.227 e. The molecule has 4 rings (SSSR count). The number of halogens is 4. The Labute approximate surface area is 266 Å². The van der Waals surface area contributed by atoms with E-state index in [1.54, 1.807) is 48.5 Å². The number of carbonyl (C=O) groups excluding carboxylic acids is 2. The maximum Gasteiger partial charge on any atom is 0.227 e. The van der Waals surface area contributed by atoms with E-state index in [1.807, 2.05) is 41.5 Å². The average molecular weight is 709 g/mol. The molecule has 0 radical (unpaired) electrons. The molecule has 0 aliphatic heterocycles. The monoisotopic (exact) mass is 706 g/mol. The van der Waals surface area contributed by atoms with Crippen LogP contribution in [0.5, 0.6) is 0 Å². The van der Waals surface area contributed by atoms with Gasteiger partial charge in [0, 0.05) is 45.7 Å². The third-order valence-electron chi connectivity index (χ3n) is 5.74. The lowest BCUT2D eigenvalue weighted by molar-refractivity contribution is -0.683. The van der Waals surface area contributed by atoms with Gasteiger partial charge in [0.1, 0.15) is 0 Å². The van der Waals surface area contributed by atoms with Crippen LogP contribution in [0.3, 0.4) is 0 Å². The van der Waals surface area contributed by atoms with Gasteiger partial charge in [-0.05, 0) is 83.6 Å². The number of aromatic nitrogens is 2. The van der Waals surface area contributed by atoms with E-state index in [0.717, 1.165) is 0 Å². The fraction of sp³-hybridized carbons (Fsp3) is 0.250. The Morgan fingerprint density at radius 3 is 1.48 bits per heavy atom. The third kappa shape index (κ3) is 12.9. The molecule has 2 aromatic carbocycles. The highest BCUT2D eigenvalue weighted by Crippen LogP contribution is 2.13. The number of rotatable bonds is 7. The molecule has 0 atom stereocenters. The first-order chi connectivity index (χ1) is 18.6. The predicted octanol–water partition coefficient (Wildman–Crippen LogP) is 5.76. The molecular weight excluding hydrogens is 675 g/mol. The summed E-state index contributed by atoms with van der Waals surface area (Å²) in [6.07, 6.45) is 7.55. The van der Waals surface area contributed by atoms with Gasteiger partial charge in [0.05, 0.1) is 5.33 Å². The van der Waals surface area contributed by atoms with Gasteiger partial charge >= 0.3 is 0 Å². The highest BCUT2D eigenvalue weighted by Gasteiger charge is 2.12. The summed E-state index contributed by atoms with van der Waals surface area (Å²) in [5.41, 5.74) is 4.00. The first-order valence-electron chi connectivity index (χ1n) is 12.6. The van der Waals surface area contributed by atoms with Crippen molar-refractivity contribution in [1.29, 1.82) is 0 Å². The lowest BCUT2D eigenvalue weighted by Crippen LogP contribution is -3.00. The zero-order valence-electron chi connectivity index (χ0n) is 23.0. The lowest BCUT2D eigenvalue weighted by atomic mass is 10.1. The second-order valence-electron chi connectivity index (χ2n) is 9.39. The molecule has 0 spiro atoms. The van der Waals surface area contributed by atoms with Crippen molar-refractivity contribution in [3.05, 3.63) is 130 Å². The van der Waals surface area contributed by atoms with Gasteiger partial charge in [-0.25, -0.2) is 0 Å². The van der Waals surface area contributed by atoms with Crippen LogP contribution in [0, 0.1) is 0 Å². The number of hydrogen-bond donors (Lipinski definition) is 0. The summed E-state index contributed by atoms with van der Waals surface area (Å²) in [5.74, 6) is 1.27. The Morgan fingerprint density at radius 1 is 0.700 bits per heavy atom. The normalized spacial score (nSPS) is 10.0. The van der Waals surface area contributed by atoms with Crippen molar-refractivity contribution >= 4 is 50.7 Å². The van der Waals surface area contributed by atoms with Crippen LogP contribution in [0.25, 0.3) is 0 Å². The van der Waals surface area contributed by atoms with E-state index in [1.165, 1.54) is 11.1 Å². The van der Waals surface area contributed by atoms with Crippen LogP contribution in [0.2, 0.25) is 10.0 Å². The van der Waals surface area contributed by atoms with E-state index in [0.29, 0.717) is 44.9 Å². The molecule has 0 aliphatic rings. The van der Waals surface area contributed by atoms with Crippen LogP contribution in [0.4, 0.5) is 0 Å². The van der Waals surface area contributed by atoms with Gasteiger partial charge in [0.25, 0.3) is 0 Å². The molecule has 8 heteroatoms. The topological polar surface area (TPSA) is 50.9 Å². The summed E-state index contributed by atoms with van der Waals surface area (Å²) in [4.78, 5) is 27.0. The molecule has 2 heterocycles. The van der Waals surface area contributed by atoms with Gasteiger partial charge in [-0.3, -0.25) is 14.6 Å². The number of hydrogen-bond acceptors (Lipinski definition) is 3.